The zero-order valence-corrected chi connectivity index (χ0v) is 14.1. The van der Waals surface area contributed by atoms with E-state index in [0.717, 1.165) is 53.2 Å². The molecule has 0 spiro atoms. The van der Waals surface area contributed by atoms with Crippen molar-refractivity contribution in [1.82, 2.24) is 0 Å². The van der Waals surface area contributed by atoms with Crippen molar-refractivity contribution in [1.29, 1.82) is 0 Å². The molecule has 2 aliphatic rings. The first-order chi connectivity index (χ1) is 11.7. The molecule has 0 N–H and O–H groups in total. The van der Waals surface area contributed by atoms with Crippen molar-refractivity contribution < 1.29 is 13.4 Å². The number of rotatable bonds is 2. The first-order valence-electron chi connectivity index (χ1n) is 8.55. The topological polar surface area (TPSA) is 47.3 Å². The molecule has 4 heteroatoms. The minimum Gasteiger partial charge on any atom is -0.456 e. The summed E-state index contributed by atoms with van der Waals surface area (Å²) in [7, 11) is -0.714. The van der Waals surface area contributed by atoms with Gasteiger partial charge in [-0.3, -0.25) is 9.00 Å². The summed E-state index contributed by atoms with van der Waals surface area (Å²) in [6, 6.07) is 13.7. The van der Waals surface area contributed by atoms with Gasteiger partial charge in [0.25, 0.3) is 0 Å². The van der Waals surface area contributed by atoms with E-state index >= 15 is 0 Å². The van der Waals surface area contributed by atoms with Crippen molar-refractivity contribution in [2.75, 3.05) is 0 Å². The monoisotopic (exact) mass is 338 g/mol. The van der Waals surface area contributed by atoms with Crippen LogP contribution in [-0.4, -0.2) is 20.5 Å². The molecule has 3 nitrogen and oxygen atoms in total. The number of Topliss-reactive ketones (excluding diaryl/α,β-unsaturated/α-hetero) is 1. The zero-order valence-electron chi connectivity index (χ0n) is 13.2. The summed E-state index contributed by atoms with van der Waals surface area (Å²) in [5, 5.41) is 2.51. The third kappa shape index (κ3) is 2.09. The van der Waals surface area contributed by atoms with E-state index < -0.39 is 10.8 Å². The van der Waals surface area contributed by atoms with E-state index in [1.54, 1.807) is 0 Å². The highest BCUT2D eigenvalue weighted by Gasteiger charge is 2.42. The van der Waals surface area contributed by atoms with Crippen molar-refractivity contribution in [3.8, 4) is 0 Å². The van der Waals surface area contributed by atoms with Gasteiger partial charge in [0, 0.05) is 43.6 Å². The third-order valence-electron chi connectivity index (χ3n) is 5.59. The number of carbonyl (C=O) groups is 1. The van der Waals surface area contributed by atoms with Gasteiger partial charge >= 0.3 is 0 Å². The van der Waals surface area contributed by atoms with Gasteiger partial charge in [0.2, 0.25) is 0 Å². The quantitative estimate of drug-likeness (QED) is 0.648. The van der Waals surface area contributed by atoms with Crippen LogP contribution in [0.25, 0.3) is 21.9 Å². The Bertz CT molecular complexity index is 971. The Labute approximate surface area is 142 Å². The number of ketones is 1. The van der Waals surface area contributed by atoms with Gasteiger partial charge in [0.05, 0.1) is 0 Å². The lowest BCUT2D eigenvalue weighted by Crippen LogP contribution is -2.32. The Hall–Kier alpha value is -1.94. The van der Waals surface area contributed by atoms with Gasteiger partial charge in [-0.05, 0) is 49.9 Å². The summed E-state index contributed by atoms with van der Waals surface area (Å²) >= 11 is 0. The maximum atomic E-state index is 13.0. The van der Waals surface area contributed by atoms with Gasteiger partial charge in [-0.25, -0.2) is 0 Å². The van der Waals surface area contributed by atoms with Crippen LogP contribution in [0.3, 0.4) is 0 Å². The fraction of sp³-hybridized carbons (Fsp3) is 0.350. The summed E-state index contributed by atoms with van der Waals surface area (Å²) in [6.07, 6.45) is 3.61. The van der Waals surface area contributed by atoms with Crippen LogP contribution in [0.15, 0.2) is 46.9 Å². The van der Waals surface area contributed by atoms with E-state index in [-0.39, 0.29) is 22.2 Å². The van der Waals surface area contributed by atoms with Crippen molar-refractivity contribution in [2.24, 2.45) is 5.92 Å². The summed E-state index contributed by atoms with van der Waals surface area (Å²) < 4.78 is 18.0. The van der Waals surface area contributed by atoms with E-state index in [2.05, 4.69) is 0 Å². The number of furan rings is 1. The van der Waals surface area contributed by atoms with Gasteiger partial charge < -0.3 is 4.42 Å². The molecule has 3 heterocycles. The second kappa shape index (κ2) is 5.28. The summed E-state index contributed by atoms with van der Waals surface area (Å²) in [5.74, 6) is 0.228. The highest BCUT2D eigenvalue weighted by molar-refractivity contribution is 7.86. The Morgan fingerprint density at radius 3 is 2.46 bits per heavy atom. The minimum atomic E-state index is -0.714. The molecule has 1 aromatic heterocycles. The number of hydrogen-bond acceptors (Lipinski definition) is 3. The Morgan fingerprint density at radius 1 is 0.958 bits per heavy atom. The van der Waals surface area contributed by atoms with Gasteiger partial charge in [-0.1, -0.05) is 18.2 Å². The van der Waals surface area contributed by atoms with Crippen LogP contribution in [-0.2, 0) is 10.8 Å². The normalized spacial score (nSPS) is 29.3. The summed E-state index contributed by atoms with van der Waals surface area (Å²) in [6.45, 7) is 0. The predicted molar refractivity (Wildman–Crippen MR) is 95.7 cm³/mol. The maximum absolute atomic E-state index is 13.0. The first kappa shape index (κ1) is 14.4. The molecule has 0 radical (unpaired) electrons. The molecule has 2 unspecified atom stereocenters. The standard InChI is InChI=1S/C20H18O3S/c21-20(13-9-14-6-7-15(10-13)24(14)22)12-5-8-19-17(11-12)16-3-1-2-4-18(16)23-19/h1-5,8,11,13-15H,6-7,9-10H2. The Morgan fingerprint density at radius 2 is 1.67 bits per heavy atom. The number of para-hydroxylation sites is 1. The molecule has 2 aromatic carbocycles. The highest BCUT2D eigenvalue weighted by Crippen LogP contribution is 2.40. The van der Waals surface area contributed by atoms with Crippen LogP contribution < -0.4 is 0 Å². The van der Waals surface area contributed by atoms with Gasteiger partial charge in [0.15, 0.2) is 5.78 Å². The molecule has 122 valence electrons. The number of benzene rings is 2. The highest BCUT2D eigenvalue weighted by atomic mass is 32.2. The molecule has 5 rings (SSSR count). The molecule has 2 atom stereocenters. The van der Waals surface area contributed by atoms with Crippen LogP contribution in [0.5, 0.6) is 0 Å². The largest absolute Gasteiger partial charge is 0.456 e. The fourth-order valence-electron chi connectivity index (χ4n) is 4.36. The van der Waals surface area contributed by atoms with Gasteiger partial charge in [-0.2, -0.15) is 0 Å². The molecule has 0 aliphatic carbocycles. The average molecular weight is 338 g/mol. The molecular formula is C20H18O3S. The Kier molecular flexibility index (Phi) is 3.17. The number of fused-ring (bicyclic) bond motifs is 5. The van der Waals surface area contributed by atoms with E-state index in [1.807, 2.05) is 42.5 Å². The SMILES string of the molecule is O=C(c1ccc2oc3ccccc3c2c1)C1CC2CCC(C1)S2=O. The second-order valence-corrected chi connectivity index (χ2v) is 8.98. The van der Waals surface area contributed by atoms with E-state index in [1.165, 1.54) is 0 Å². The summed E-state index contributed by atoms with van der Waals surface area (Å²) in [4.78, 5) is 13.0. The molecule has 2 fully saturated rings. The maximum Gasteiger partial charge on any atom is 0.166 e. The first-order valence-corrected chi connectivity index (χ1v) is 9.83. The number of carbonyl (C=O) groups excluding carboxylic acids is 1. The molecule has 2 aliphatic heterocycles. The predicted octanol–water partition coefficient (Wildman–Crippen LogP) is 4.46. The molecule has 2 bridgehead atoms. The van der Waals surface area contributed by atoms with Crippen LogP contribution in [0, 0.1) is 5.92 Å². The van der Waals surface area contributed by atoms with Crippen molar-refractivity contribution in [3.05, 3.63) is 48.0 Å². The van der Waals surface area contributed by atoms with Crippen LogP contribution >= 0.6 is 0 Å². The molecule has 0 saturated carbocycles. The third-order valence-corrected chi connectivity index (χ3v) is 7.76. The molecule has 3 aromatic rings. The average Bonchev–Trinajstić information content (AvgIpc) is 3.05. The van der Waals surface area contributed by atoms with Crippen LogP contribution in [0.1, 0.15) is 36.0 Å². The van der Waals surface area contributed by atoms with Crippen molar-refractivity contribution in [2.45, 2.75) is 36.2 Å². The number of hydrogen-bond donors (Lipinski definition) is 0. The lowest BCUT2D eigenvalue weighted by atomic mass is 9.90. The van der Waals surface area contributed by atoms with Gasteiger partial charge in [-0.15, -0.1) is 0 Å². The molecular weight excluding hydrogens is 320 g/mol. The lowest BCUT2D eigenvalue weighted by Gasteiger charge is -2.26. The molecule has 0 amide bonds. The minimum absolute atomic E-state index is 0.0239. The van der Waals surface area contributed by atoms with E-state index in [4.69, 9.17) is 4.42 Å². The summed E-state index contributed by atoms with van der Waals surface area (Å²) in [5.41, 5.74) is 2.42. The second-order valence-electron chi connectivity index (χ2n) is 6.99. The fourth-order valence-corrected chi connectivity index (χ4v) is 6.49. The van der Waals surface area contributed by atoms with Crippen molar-refractivity contribution >= 4 is 38.5 Å². The molecule has 2 saturated heterocycles. The van der Waals surface area contributed by atoms with Crippen LogP contribution in [0.2, 0.25) is 0 Å². The van der Waals surface area contributed by atoms with Gasteiger partial charge in [0.1, 0.15) is 11.2 Å². The zero-order chi connectivity index (χ0) is 16.3. The molecule has 24 heavy (non-hydrogen) atoms. The lowest BCUT2D eigenvalue weighted by molar-refractivity contribution is 0.0906. The van der Waals surface area contributed by atoms with E-state index in [9.17, 15) is 9.00 Å². The van der Waals surface area contributed by atoms with Crippen LogP contribution in [0.4, 0.5) is 0 Å². The van der Waals surface area contributed by atoms with E-state index in [0.29, 0.717) is 0 Å². The van der Waals surface area contributed by atoms with Crippen molar-refractivity contribution in [3.63, 3.8) is 0 Å². The smallest absolute Gasteiger partial charge is 0.166 e. The Balaban J connectivity index is 1.53.